The van der Waals surface area contributed by atoms with Gasteiger partial charge in [-0.2, -0.15) is 5.01 Å². The van der Waals surface area contributed by atoms with E-state index in [9.17, 15) is 19.8 Å². The molecular formula is C19H16N2O6S2. The standard InChI is InChI=1S/C19H16N2O6S2/c1-26-13-7-10(8-14(27-2)16(13)23)9-15-18(25)21(19(28)29-15)20-17(24)11-5-3-4-6-12(11)22/h3-9,22-23H,1-2H3,(H,20,24)/b15-9-. The number of hydrogen-bond acceptors (Lipinski definition) is 8. The van der Waals surface area contributed by atoms with Gasteiger partial charge in [-0.1, -0.05) is 23.9 Å². The summed E-state index contributed by atoms with van der Waals surface area (Å²) in [6.07, 6.45) is 1.54. The van der Waals surface area contributed by atoms with Gasteiger partial charge in [0.25, 0.3) is 11.8 Å². The van der Waals surface area contributed by atoms with Crippen LogP contribution in [0.4, 0.5) is 0 Å². The Morgan fingerprint density at radius 1 is 1.17 bits per heavy atom. The molecule has 0 spiro atoms. The van der Waals surface area contributed by atoms with Gasteiger partial charge >= 0.3 is 0 Å². The molecule has 10 heteroatoms. The van der Waals surface area contributed by atoms with Crippen LogP contribution >= 0.6 is 24.0 Å². The molecule has 1 heterocycles. The van der Waals surface area contributed by atoms with Crippen LogP contribution in [-0.4, -0.2) is 45.6 Å². The number of benzene rings is 2. The lowest BCUT2D eigenvalue weighted by Gasteiger charge is -2.16. The summed E-state index contributed by atoms with van der Waals surface area (Å²) in [5.41, 5.74) is 2.94. The second-order valence-corrected chi connectivity index (χ2v) is 7.42. The van der Waals surface area contributed by atoms with Crippen LogP contribution in [0.1, 0.15) is 15.9 Å². The topological polar surface area (TPSA) is 108 Å². The van der Waals surface area contributed by atoms with Gasteiger partial charge in [-0.05, 0) is 48.1 Å². The largest absolute Gasteiger partial charge is 0.507 e. The molecule has 2 amide bonds. The minimum absolute atomic E-state index is 0.0125. The predicted octanol–water partition coefficient (Wildman–Crippen LogP) is 2.66. The molecule has 3 rings (SSSR count). The van der Waals surface area contributed by atoms with Crippen molar-refractivity contribution in [2.24, 2.45) is 0 Å². The van der Waals surface area contributed by atoms with Crippen molar-refractivity contribution in [3.05, 3.63) is 52.4 Å². The van der Waals surface area contributed by atoms with Gasteiger partial charge in [0.1, 0.15) is 5.75 Å². The van der Waals surface area contributed by atoms with E-state index in [0.29, 0.717) is 5.56 Å². The van der Waals surface area contributed by atoms with E-state index in [0.717, 1.165) is 16.8 Å². The van der Waals surface area contributed by atoms with Crippen molar-refractivity contribution >= 4 is 46.2 Å². The monoisotopic (exact) mass is 432 g/mol. The van der Waals surface area contributed by atoms with Crippen LogP contribution in [0.15, 0.2) is 41.3 Å². The average molecular weight is 432 g/mol. The molecule has 0 aliphatic carbocycles. The highest BCUT2D eigenvalue weighted by Gasteiger charge is 2.34. The Hall–Kier alpha value is -3.24. The van der Waals surface area contributed by atoms with Gasteiger partial charge in [0.05, 0.1) is 24.7 Å². The zero-order chi connectivity index (χ0) is 21.1. The Morgan fingerprint density at radius 2 is 1.79 bits per heavy atom. The number of ether oxygens (including phenoxy) is 2. The molecule has 3 N–H and O–H groups in total. The van der Waals surface area contributed by atoms with E-state index in [-0.39, 0.29) is 37.8 Å². The van der Waals surface area contributed by atoms with Crippen molar-refractivity contribution < 1.29 is 29.3 Å². The Kier molecular flexibility index (Phi) is 5.95. The molecule has 150 valence electrons. The van der Waals surface area contributed by atoms with E-state index in [1.807, 2.05) is 0 Å². The van der Waals surface area contributed by atoms with Crippen LogP contribution in [0, 0.1) is 0 Å². The smallest absolute Gasteiger partial charge is 0.285 e. The maximum absolute atomic E-state index is 12.7. The molecule has 1 aliphatic rings. The van der Waals surface area contributed by atoms with Gasteiger partial charge in [-0.3, -0.25) is 15.0 Å². The first-order valence-corrected chi connectivity index (χ1v) is 9.40. The number of nitrogens with zero attached hydrogens (tertiary/aromatic N) is 1. The highest BCUT2D eigenvalue weighted by molar-refractivity contribution is 8.26. The lowest BCUT2D eigenvalue weighted by atomic mass is 10.1. The number of carbonyl (C=O) groups is 2. The second-order valence-electron chi connectivity index (χ2n) is 5.75. The minimum atomic E-state index is -0.673. The Morgan fingerprint density at radius 3 is 2.38 bits per heavy atom. The van der Waals surface area contributed by atoms with Gasteiger partial charge in [0, 0.05) is 0 Å². The first kappa shape index (κ1) is 20.5. The summed E-state index contributed by atoms with van der Waals surface area (Å²) in [6, 6.07) is 9.02. The average Bonchev–Trinajstić information content (AvgIpc) is 2.96. The van der Waals surface area contributed by atoms with Crippen LogP contribution in [0.2, 0.25) is 0 Å². The van der Waals surface area contributed by atoms with Crippen molar-refractivity contribution in [2.45, 2.75) is 0 Å². The van der Waals surface area contributed by atoms with Gasteiger partial charge < -0.3 is 19.7 Å². The van der Waals surface area contributed by atoms with E-state index in [2.05, 4.69) is 5.43 Å². The van der Waals surface area contributed by atoms with E-state index >= 15 is 0 Å². The zero-order valence-electron chi connectivity index (χ0n) is 15.3. The summed E-state index contributed by atoms with van der Waals surface area (Å²) >= 11 is 6.19. The highest BCUT2D eigenvalue weighted by Crippen LogP contribution is 2.39. The number of thiocarbonyl (C=S) groups is 1. The summed E-state index contributed by atoms with van der Waals surface area (Å²) in [7, 11) is 2.79. The maximum atomic E-state index is 12.7. The quantitative estimate of drug-likeness (QED) is 0.489. The molecule has 0 atom stereocenters. The molecule has 2 aromatic carbocycles. The van der Waals surface area contributed by atoms with Crippen LogP contribution < -0.4 is 14.9 Å². The lowest BCUT2D eigenvalue weighted by Crippen LogP contribution is -2.44. The van der Waals surface area contributed by atoms with Crippen molar-refractivity contribution in [2.75, 3.05) is 14.2 Å². The third-order valence-electron chi connectivity index (χ3n) is 3.96. The molecule has 1 fully saturated rings. The Bertz CT molecular complexity index is 1010. The summed E-state index contributed by atoms with van der Waals surface area (Å²) in [4.78, 5) is 25.3. The number of phenols is 2. The molecule has 29 heavy (non-hydrogen) atoms. The molecular weight excluding hydrogens is 416 g/mol. The lowest BCUT2D eigenvalue weighted by molar-refractivity contribution is -0.123. The van der Waals surface area contributed by atoms with E-state index in [1.54, 1.807) is 12.1 Å². The second kappa shape index (κ2) is 8.41. The van der Waals surface area contributed by atoms with Gasteiger partial charge in [0.2, 0.25) is 5.75 Å². The number of nitrogens with one attached hydrogen (secondary N) is 1. The number of phenolic OH excluding ortho intramolecular Hbond substituents is 2. The third-order valence-corrected chi connectivity index (χ3v) is 5.26. The molecule has 1 aliphatic heterocycles. The predicted molar refractivity (Wildman–Crippen MR) is 112 cm³/mol. The van der Waals surface area contributed by atoms with Crippen molar-refractivity contribution in [1.29, 1.82) is 0 Å². The van der Waals surface area contributed by atoms with Crippen LogP contribution in [-0.2, 0) is 4.79 Å². The third kappa shape index (κ3) is 4.13. The van der Waals surface area contributed by atoms with Crippen LogP contribution in [0.3, 0.4) is 0 Å². The van der Waals surface area contributed by atoms with Crippen molar-refractivity contribution in [3.63, 3.8) is 0 Å². The number of rotatable bonds is 5. The summed E-state index contributed by atoms with van der Waals surface area (Å²) in [6.45, 7) is 0. The minimum Gasteiger partial charge on any atom is -0.507 e. The van der Waals surface area contributed by atoms with Gasteiger partial charge in [0.15, 0.2) is 15.8 Å². The molecule has 8 nitrogen and oxygen atoms in total. The van der Waals surface area contributed by atoms with Gasteiger partial charge in [-0.25, -0.2) is 0 Å². The van der Waals surface area contributed by atoms with Crippen molar-refractivity contribution in [3.8, 4) is 23.0 Å². The Balaban J connectivity index is 1.85. The number of amides is 2. The maximum Gasteiger partial charge on any atom is 0.285 e. The van der Waals surface area contributed by atoms with Crippen LogP contribution in [0.25, 0.3) is 6.08 Å². The Labute approximate surface area is 175 Å². The first-order chi connectivity index (χ1) is 13.8. The number of methoxy groups -OCH3 is 2. The number of thioether (sulfide) groups is 1. The fraction of sp³-hybridized carbons (Fsp3) is 0.105. The van der Waals surface area contributed by atoms with Gasteiger partial charge in [-0.15, -0.1) is 0 Å². The molecule has 0 radical (unpaired) electrons. The van der Waals surface area contributed by atoms with Crippen molar-refractivity contribution in [1.82, 2.24) is 10.4 Å². The number of hydrazine groups is 1. The highest BCUT2D eigenvalue weighted by atomic mass is 32.2. The summed E-state index contributed by atoms with van der Waals surface area (Å²) in [5, 5.41) is 20.7. The van der Waals surface area contributed by atoms with E-state index < -0.39 is 11.8 Å². The number of carbonyl (C=O) groups excluding carboxylic acids is 2. The molecule has 0 saturated carbocycles. The normalized spacial score (nSPS) is 15.0. The zero-order valence-corrected chi connectivity index (χ0v) is 17.0. The molecule has 0 unspecified atom stereocenters. The first-order valence-electron chi connectivity index (χ1n) is 8.17. The fourth-order valence-corrected chi connectivity index (χ4v) is 3.72. The summed E-state index contributed by atoms with van der Waals surface area (Å²) in [5.74, 6) is -1.22. The molecule has 0 aromatic heterocycles. The van der Waals surface area contributed by atoms with E-state index in [1.165, 1.54) is 44.6 Å². The fourth-order valence-electron chi connectivity index (χ4n) is 2.54. The number of para-hydroxylation sites is 1. The molecule has 1 saturated heterocycles. The molecule has 0 bridgehead atoms. The van der Waals surface area contributed by atoms with E-state index in [4.69, 9.17) is 21.7 Å². The SMILES string of the molecule is COc1cc(/C=C2\SC(=S)N(NC(=O)c3ccccc3O)C2=O)cc(OC)c1O. The number of aromatic hydroxyl groups is 2. The molecule has 2 aromatic rings. The summed E-state index contributed by atoms with van der Waals surface area (Å²) < 4.78 is 10.3. The van der Waals surface area contributed by atoms with Crippen LogP contribution in [0.5, 0.6) is 23.0 Å². The number of hydrogen-bond donors (Lipinski definition) is 3.